The summed E-state index contributed by atoms with van der Waals surface area (Å²) in [7, 11) is 3.91. The Labute approximate surface area is 139 Å². The summed E-state index contributed by atoms with van der Waals surface area (Å²) in [6.45, 7) is 3.37. The smallest absolute Gasteiger partial charge is 0.160 e. The molecule has 4 heteroatoms. The van der Waals surface area contributed by atoms with E-state index < -0.39 is 0 Å². The van der Waals surface area contributed by atoms with Crippen LogP contribution in [0.2, 0.25) is 0 Å². The fourth-order valence-electron chi connectivity index (χ4n) is 4.57. The van der Waals surface area contributed by atoms with E-state index in [-0.39, 0.29) is 5.75 Å². The summed E-state index contributed by atoms with van der Waals surface area (Å²) in [5.74, 6) is 1.84. The van der Waals surface area contributed by atoms with Crippen LogP contribution in [0.1, 0.15) is 42.9 Å². The minimum Gasteiger partial charge on any atom is -0.504 e. The highest BCUT2D eigenvalue weighted by atomic mass is 16.5. The number of phenols is 1. The van der Waals surface area contributed by atoms with Crippen LogP contribution in [0.5, 0.6) is 11.5 Å². The summed E-state index contributed by atoms with van der Waals surface area (Å²) in [5.41, 5.74) is 2.63. The monoisotopic (exact) mass is 316 g/mol. The van der Waals surface area contributed by atoms with E-state index >= 15 is 0 Å². The first-order chi connectivity index (χ1) is 11.2. The second-order valence-corrected chi connectivity index (χ2v) is 7.61. The number of ether oxygens (including phenoxy) is 1. The summed E-state index contributed by atoms with van der Waals surface area (Å²) >= 11 is 0. The first kappa shape index (κ1) is 15.3. The standard InChI is InChI=1S/C19H28N2O2/c1-20-12-17-16-10-19(23-2)18(22)9-14(16)6-7-21(17)11-15(20)8-13-4-3-5-13/h9-10,13,15,17,22H,3-8,11-12H2,1-2H3/t15-,17+/m1/s1. The van der Waals surface area contributed by atoms with Crippen molar-refractivity contribution < 1.29 is 9.84 Å². The minimum absolute atomic E-state index is 0.270. The molecule has 126 valence electrons. The third kappa shape index (κ3) is 2.72. The highest BCUT2D eigenvalue weighted by Crippen LogP contribution is 2.41. The van der Waals surface area contributed by atoms with Gasteiger partial charge in [-0.1, -0.05) is 19.3 Å². The van der Waals surface area contributed by atoms with Crippen molar-refractivity contribution in [3.63, 3.8) is 0 Å². The van der Waals surface area contributed by atoms with E-state index in [1.165, 1.54) is 43.4 Å². The van der Waals surface area contributed by atoms with Crippen molar-refractivity contribution >= 4 is 0 Å². The van der Waals surface area contributed by atoms with Crippen LogP contribution in [-0.2, 0) is 6.42 Å². The average molecular weight is 316 g/mol. The maximum absolute atomic E-state index is 10.0. The molecule has 0 bridgehead atoms. The second kappa shape index (κ2) is 5.99. The van der Waals surface area contributed by atoms with Gasteiger partial charge in [0.25, 0.3) is 0 Å². The maximum Gasteiger partial charge on any atom is 0.160 e. The van der Waals surface area contributed by atoms with Gasteiger partial charge >= 0.3 is 0 Å². The lowest BCUT2D eigenvalue weighted by molar-refractivity contribution is 0.0218. The van der Waals surface area contributed by atoms with E-state index in [0.29, 0.717) is 17.8 Å². The van der Waals surface area contributed by atoms with Crippen molar-refractivity contribution in [3.8, 4) is 11.5 Å². The number of hydrogen-bond donors (Lipinski definition) is 1. The number of benzene rings is 1. The number of phenolic OH excluding ortho intramolecular Hbond substituents is 1. The Bertz CT molecular complexity index is 585. The summed E-state index contributed by atoms with van der Waals surface area (Å²) in [4.78, 5) is 5.22. The van der Waals surface area contributed by atoms with E-state index in [0.717, 1.165) is 25.4 Å². The summed E-state index contributed by atoms with van der Waals surface area (Å²) in [6, 6.07) is 5.11. The molecule has 2 heterocycles. The van der Waals surface area contributed by atoms with E-state index in [1.54, 1.807) is 7.11 Å². The molecule has 23 heavy (non-hydrogen) atoms. The molecule has 1 saturated heterocycles. The molecule has 0 aromatic heterocycles. The third-order valence-electron chi connectivity index (χ3n) is 6.27. The Morgan fingerprint density at radius 2 is 2.09 bits per heavy atom. The molecule has 0 unspecified atom stereocenters. The zero-order valence-electron chi connectivity index (χ0n) is 14.3. The molecule has 0 amide bonds. The summed E-state index contributed by atoms with van der Waals surface area (Å²) in [5, 5.41) is 10.0. The Kier molecular flexibility index (Phi) is 3.98. The van der Waals surface area contributed by atoms with Gasteiger partial charge in [0.05, 0.1) is 7.11 Å². The van der Waals surface area contributed by atoms with Crippen molar-refractivity contribution in [2.24, 2.45) is 5.92 Å². The van der Waals surface area contributed by atoms with Gasteiger partial charge in [0, 0.05) is 31.7 Å². The zero-order chi connectivity index (χ0) is 16.0. The lowest BCUT2D eigenvalue weighted by atomic mass is 9.79. The van der Waals surface area contributed by atoms with Crippen LogP contribution < -0.4 is 4.74 Å². The van der Waals surface area contributed by atoms with E-state index in [9.17, 15) is 5.11 Å². The van der Waals surface area contributed by atoms with Crippen LogP contribution in [0.3, 0.4) is 0 Å². The number of rotatable bonds is 3. The van der Waals surface area contributed by atoms with Crippen molar-refractivity contribution in [2.45, 2.75) is 44.2 Å². The SMILES string of the molecule is COc1cc2c(cc1O)CCN1C[C@@H](CC3CCC3)N(C)C[C@@H]21. The Balaban J connectivity index is 1.55. The molecule has 4 rings (SSSR count). The lowest BCUT2D eigenvalue weighted by Crippen LogP contribution is -2.55. The Morgan fingerprint density at radius 1 is 1.26 bits per heavy atom. The molecule has 1 saturated carbocycles. The van der Waals surface area contributed by atoms with Crippen molar-refractivity contribution in [2.75, 3.05) is 33.8 Å². The number of piperazine rings is 1. The predicted octanol–water partition coefficient (Wildman–Crippen LogP) is 2.80. The number of aromatic hydroxyl groups is 1. The third-order valence-corrected chi connectivity index (χ3v) is 6.27. The largest absolute Gasteiger partial charge is 0.504 e. The van der Waals surface area contributed by atoms with Crippen molar-refractivity contribution in [1.29, 1.82) is 0 Å². The molecule has 1 aliphatic carbocycles. The first-order valence-electron chi connectivity index (χ1n) is 8.99. The fourth-order valence-corrected chi connectivity index (χ4v) is 4.57. The topological polar surface area (TPSA) is 35.9 Å². The molecule has 1 aromatic carbocycles. The predicted molar refractivity (Wildman–Crippen MR) is 91.1 cm³/mol. The Morgan fingerprint density at radius 3 is 2.78 bits per heavy atom. The molecule has 3 aliphatic rings. The molecule has 0 spiro atoms. The number of nitrogens with zero attached hydrogens (tertiary/aromatic N) is 2. The Hall–Kier alpha value is -1.26. The molecule has 1 N–H and O–H groups in total. The van der Waals surface area contributed by atoms with Gasteiger partial charge in [0.1, 0.15) is 0 Å². The van der Waals surface area contributed by atoms with Crippen molar-refractivity contribution in [3.05, 3.63) is 23.3 Å². The van der Waals surface area contributed by atoms with E-state index in [1.807, 2.05) is 6.07 Å². The van der Waals surface area contributed by atoms with Crippen LogP contribution in [0.25, 0.3) is 0 Å². The quantitative estimate of drug-likeness (QED) is 0.930. The normalized spacial score (nSPS) is 28.8. The average Bonchev–Trinajstić information content (AvgIpc) is 2.50. The van der Waals surface area contributed by atoms with Crippen LogP contribution in [0, 0.1) is 5.92 Å². The van der Waals surface area contributed by atoms with Crippen molar-refractivity contribution in [1.82, 2.24) is 9.80 Å². The molecular weight excluding hydrogens is 288 g/mol. The highest BCUT2D eigenvalue weighted by Gasteiger charge is 2.37. The maximum atomic E-state index is 10.0. The van der Waals surface area contributed by atoms with Crippen LogP contribution in [0.4, 0.5) is 0 Å². The number of hydrogen-bond acceptors (Lipinski definition) is 4. The summed E-state index contributed by atoms with van der Waals surface area (Å²) < 4.78 is 5.33. The van der Waals surface area contributed by atoms with E-state index in [4.69, 9.17) is 4.74 Å². The van der Waals surface area contributed by atoms with Gasteiger partial charge in [-0.15, -0.1) is 0 Å². The number of fused-ring (bicyclic) bond motifs is 3. The van der Waals surface area contributed by atoms with E-state index in [2.05, 4.69) is 22.9 Å². The van der Waals surface area contributed by atoms with Gasteiger partial charge in [0.2, 0.25) is 0 Å². The lowest BCUT2D eigenvalue weighted by Gasteiger charge is -2.49. The molecule has 4 nitrogen and oxygen atoms in total. The van der Waals surface area contributed by atoms with Crippen LogP contribution in [-0.4, -0.2) is 54.7 Å². The number of methoxy groups -OCH3 is 1. The van der Waals surface area contributed by atoms with Gasteiger partial charge in [-0.2, -0.15) is 0 Å². The van der Waals surface area contributed by atoms with Crippen LogP contribution >= 0.6 is 0 Å². The molecule has 0 radical (unpaired) electrons. The molecule has 2 aliphatic heterocycles. The van der Waals surface area contributed by atoms with Gasteiger partial charge < -0.3 is 14.7 Å². The van der Waals surface area contributed by atoms with Gasteiger partial charge in [-0.05, 0) is 49.1 Å². The molecule has 1 aromatic rings. The van der Waals surface area contributed by atoms with Crippen LogP contribution in [0.15, 0.2) is 12.1 Å². The fraction of sp³-hybridized carbons (Fsp3) is 0.684. The first-order valence-corrected chi connectivity index (χ1v) is 8.99. The second-order valence-electron chi connectivity index (χ2n) is 7.61. The minimum atomic E-state index is 0.270. The van der Waals surface area contributed by atoms with Gasteiger partial charge in [-0.3, -0.25) is 4.90 Å². The van der Waals surface area contributed by atoms with Gasteiger partial charge in [0.15, 0.2) is 11.5 Å². The molecular formula is C19H28N2O2. The zero-order valence-corrected chi connectivity index (χ0v) is 14.3. The summed E-state index contributed by atoms with van der Waals surface area (Å²) in [6.07, 6.45) is 6.71. The highest BCUT2D eigenvalue weighted by molar-refractivity contribution is 5.49. The molecule has 2 atom stereocenters. The van der Waals surface area contributed by atoms with Gasteiger partial charge in [-0.25, -0.2) is 0 Å². The number of likely N-dealkylation sites (N-methyl/N-ethyl adjacent to an activating group) is 1. The molecule has 2 fully saturated rings.